The lowest BCUT2D eigenvalue weighted by Gasteiger charge is -2.16. The van der Waals surface area contributed by atoms with E-state index in [1.165, 1.54) is 21.6 Å². The van der Waals surface area contributed by atoms with Crippen LogP contribution in [0.15, 0.2) is 59.7 Å². The van der Waals surface area contributed by atoms with Crippen LogP contribution in [0.1, 0.15) is 32.8 Å². The van der Waals surface area contributed by atoms with Crippen LogP contribution in [0.3, 0.4) is 0 Å². The summed E-state index contributed by atoms with van der Waals surface area (Å²) in [5.41, 5.74) is 4.37. The minimum absolute atomic E-state index is 0.00993. The van der Waals surface area contributed by atoms with Gasteiger partial charge in [-0.05, 0) is 36.8 Å². The molecule has 0 radical (unpaired) electrons. The van der Waals surface area contributed by atoms with Crippen molar-refractivity contribution >= 4 is 28.8 Å². The Bertz CT molecular complexity index is 1360. The van der Waals surface area contributed by atoms with Crippen LogP contribution in [0.25, 0.3) is 5.65 Å². The van der Waals surface area contributed by atoms with Crippen LogP contribution in [0.5, 0.6) is 0 Å². The maximum Gasteiger partial charge on any atom is 0.293 e. The molecule has 0 atom stereocenters. The summed E-state index contributed by atoms with van der Waals surface area (Å²) < 4.78 is 2.72. The predicted octanol–water partition coefficient (Wildman–Crippen LogP) is 1.54. The summed E-state index contributed by atoms with van der Waals surface area (Å²) in [6, 6.07) is 13.3. The zero-order valence-electron chi connectivity index (χ0n) is 15.6. The summed E-state index contributed by atoms with van der Waals surface area (Å²) in [7, 11) is 0. The van der Waals surface area contributed by atoms with Gasteiger partial charge in [0.05, 0.1) is 5.69 Å². The first-order valence-corrected chi connectivity index (χ1v) is 9.23. The molecule has 0 saturated heterocycles. The lowest BCUT2D eigenvalue weighted by Crippen LogP contribution is -2.33. The average molecular weight is 401 g/mol. The van der Waals surface area contributed by atoms with Crippen molar-refractivity contribution in [1.29, 1.82) is 0 Å². The third-order valence-electron chi connectivity index (χ3n) is 4.86. The Balaban J connectivity index is 1.56. The number of carbonyl (C=O) groups excluding carboxylic acids is 2. The number of hydrogen-bond donors (Lipinski definition) is 2. The number of nitrogens with zero attached hydrogens (tertiary/aromatic N) is 5. The van der Waals surface area contributed by atoms with E-state index in [2.05, 4.69) is 26.0 Å². The van der Waals surface area contributed by atoms with Gasteiger partial charge in [-0.3, -0.25) is 19.8 Å². The summed E-state index contributed by atoms with van der Waals surface area (Å²) >= 11 is 0. The Morgan fingerprint density at radius 1 is 1.03 bits per heavy atom. The molecule has 10 nitrogen and oxygen atoms in total. The fraction of sp³-hybridized carbons (Fsp3) is 0.100. The fourth-order valence-electron chi connectivity index (χ4n) is 3.40. The number of hydrogen-bond acceptors (Lipinski definition) is 7. The van der Waals surface area contributed by atoms with Crippen LogP contribution in [0.4, 0.5) is 11.5 Å². The summed E-state index contributed by atoms with van der Waals surface area (Å²) in [5.74, 6) is -0.163. The minimum Gasteiger partial charge on any atom is -0.317 e. The number of aromatic nitrogens is 5. The number of benzene rings is 1. The molecule has 3 aromatic heterocycles. The van der Waals surface area contributed by atoms with Crippen LogP contribution < -0.4 is 16.3 Å². The summed E-state index contributed by atoms with van der Waals surface area (Å²) in [6.07, 6.45) is 2.15. The number of fused-ring (bicyclic) bond motifs is 2. The number of Topliss-reactive ketones (excluding diaryl/α,β-unsaturated/α-hetero) is 1. The Hall–Kier alpha value is -4.34. The van der Waals surface area contributed by atoms with Crippen molar-refractivity contribution in [3.63, 3.8) is 0 Å². The molecule has 2 N–H and O–H groups in total. The van der Waals surface area contributed by atoms with Crippen molar-refractivity contribution in [2.45, 2.75) is 12.8 Å². The van der Waals surface area contributed by atoms with E-state index < -0.39 is 11.5 Å². The normalized spacial score (nSPS) is 12.7. The zero-order valence-corrected chi connectivity index (χ0v) is 15.6. The zero-order chi connectivity index (χ0) is 20.7. The van der Waals surface area contributed by atoms with Crippen LogP contribution in [0, 0.1) is 0 Å². The topological polar surface area (TPSA) is 123 Å². The van der Waals surface area contributed by atoms with Gasteiger partial charge in [0.2, 0.25) is 0 Å². The molecule has 0 saturated carbocycles. The molecule has 0 bridgehead atoms. The van der Waals surface area contributed by atoms with Crippen molar-refractivity contribution in [3.8, 4) is 0 Å². The van der Waals surface area contributed by atoms with Crippen molar-refractivity contribution in [3.05, 3.63) is 82.0 Å². The number of anilines is 2. The molecule has 0 spiro atoms. The van der Waals surface area contributed by atoms with E-state index in [-0.39, 0.29) is 11.5 Å². The molecule has 30 heavy (non-hydrogen) atoms. The lowest BCUT2D eigenvalue weighted by molar-refractivity contribution is 0.0991. The highest BCUT2D eigenvalue weighted by Gasteiger charge is 2.26. The maximum absolute atomic E-state index is 13.1. The molecule has 0 aliphatic heterocycles. The van der Waals surface area contributed by atoms with Crippen molar-refractivity contribution in [2.75, 3.05) is 10.7 Å². The van der Waals surface area contributed by atoms with E-state index in [0.29, 0.717) is 41.1 Å². The van der Waals surface area contributed by atoms with Crippen molar-refractivity contribution in [1.82, 2.24) is 24.5 Å². The number of pyridine rings is 1. The summed E-state index contributed by atoms with van der Waals surface area (Å²) in [5, 5.41) is 14.6. The Kier molecular flexibility index (Phi) is 4.09. The fourth-order valence-corrected chi connectivity index (χ4v) is 3.40. The predicted molar refractivity (Wildman–Crippen MR) is 108 cm³/mol. The minimum atomic E-state index is -0.488. The van der Waals surface area contributed by atoms with Crippen LogP contribution in [-0.4, -0.2) is 36.2 Å². The van der Waals surface area contributed by atoms with Crippen LogP contribution in [0.2, 0.25) is 0 Å². The first kappa shape index (κ1) is 17.7. The molecular formula is C20H15N7O3. The first-order chi connectivity index (χ1) is 14.6. The number of carbonyl (C=O) groups is 2. The van der Waals surface area contributed by atoms with E-state index in [1.54, 1.807) is 42.5 Å². The molecule has 0 unspecified atom stereocenters. The van der Waals surface area contributed by atoms with Crippen molar-refractivity contribution in [2.24, 2.45) is 0 Å². The highest BCUT2D eigenvalue weighted by Crippen LogP contribution is 2.23. The number of amides is 1. The van der Waals surface area contributed by atoms with Gasteiger partial charge in [-0.25, -0.2) is 4.68 Å². The lowest BCUT2D eigenvalue weighted by atomic mass is 10.1. The molecular weight excluding hydrogens is 386 g/mol. The molecule has 5 rings (SSSR count). The second kappa shape index (κ2) is 6.92. The summed E-state index contributed by atoms with van der Waals surface area (Å²) in [4.78, 5) is 38.0. The van der Waals surface area contributed by atoms with E-state index in [9.17, 15) is 14.4 Å². The molecule has 1 amide bonds. The second-order valence-corrected chi connectivity index (χ2v) is 6.77. The molecule has 10 heteroatoms. The number of nitrogens with one attached hydrogen (secondary N) is 2. The molecule has 1 aliphatic rings. The van der Waals surface area contributed by atoms with Gasteiger partial charge in [0.25, 0.3) is 11.5 Å². The van der Waals surface area contributed by atoms with E-state index >= 15 is 0 Å². The standard InChI is InChI=1S/C20H15N7O3/c28-16-7-6-15-13(16)10-14(22-19(29)12-4-2-1-3-5-12)20(30)27(15)25-17-8-9-18-23-21-11-26(18)24-17/h1-5,8-11H,6-7H2,(H,22,29)(H,24,25). The van der Waals surface area contributed by atoms with Gasteiger partial charge in [-0.1, -0.05) is 18.2 Å². The van der Waals surface area contributed by atoms with Crippen LogP contribution >= 0.6 is 0 Å². The first-order valence-electron chi connectivity index (χ1n) is 9.23. The van der Waals surface area contributed by atoms with E-state index in [1.807, 2.05) is 0 Å². The SMILES string of the molecule is O=C(Nc1cc2c(n(Nc3ccc4nncn4n3)c1=O)CCC2=O)c1ccccc1. The number of ketones is 1. The third-order valence-corrected chi connectivity index (χ3v) is 4.86. The Morgan fingerprint density at radius 3 is 2.70 bits per heavy atom. The van der Waals surface area contributed by atoms with E-state index in [0.717, 1.165) is 0 Å². The van der Waals surface area contributed by atoms with Gasteiger partial charge in [0, 0.05) is 17.5 Å². The van der Waals surface area contributed by atoms with E-state index in [4.69, 9.17) is 0 Å². The molecule has 0 fully saturated rings. The highest BCUT2D eigenvalue weighted by atomic mass is 16.2. The van der Waals surface area contributed by atoms with Gasteiger partial charge < -0.3 is 5.32 Å². The van der Waals surface area contributed by atoms with Gasteiger partial charge in [-0.15, -0.1) is 15.3 Å². The van der Waals surface area contributed by atoms with Gasteiger partial charge in [0.15, 0.2) is 17.2 Å². The monoisotopic (exact) mass is 401 g/mol. The van der Waals surface area contributed by atoms with Gasteiger partial charge in [-0.2, -0.15) is 4.52 Å². The molecule has 4 aromatic rings. The molecule has 1 aliphatic carbocycles. The second-order valence-electron chi connectivity index (χ2n) is 6.77. The largest absolute Gasteiger partial charge is 0.317 e. The summed E-state index contributed by atoms with van der Waals surface area (Å²) in [6.45, 7) is 0. The van der Waals surface area contributed by atoms with Gasteiger partial charge >= 0.3 is 0 Å². The Labute approximate surface area is 169 Å². The third kappa shape index (κ3) is 3.00. The molecule has 1 aromatic carbocycles. The van der Waals surface area contributed by atoms with Crippen LogP contribution in [-0.2, 0) is 6.42 Å². The van der Waals surface area contributed by atoms with Gasteiger partial charge in [0.1, 0.15) is 12.0 Å². The molecule has 3 heterocycles. The Morgan fingerprint density at radius 2 is 1.87 bits per heavy atom. The van der Waals surface area contributed by atoms with Crippen molar-refractivity contribution < 1.29 is 9.59 Å². The highest BCUT2D eigenvalue weighted by molar-refractivity contribution is 6.06. The maximum atomic E-state index is 13.1. The smallest absolute Gasteiger partial charge is 0.293 e. The average Bonchev–Trinajstić information content (AvgIpc) is 3.38. The number of rotatable bonds is 4. The quantitative estimate of drug-likeness (QED) is 0.532. The molecule has 148 valence electrons.